The molecule has 0 bridgehead atoms. The maximum Gasteiger partial charge on any atom is 0.248 e. The van der Waals surface area contributed by atoms with Crippen LogP contribution in [0.4, 0.5) is 5.95 Å². The van der Waals surface area contributed by atoms with Gasteiger partial charge in [-0.1, -0.05) is 58.7 Å². The van der Waals surface area contributed by atoms with Gasteiger partial charge in [-0.2, -0.15) is 4.68 Å². The molecule has 114 valence electrons. The van der Waals surface area contributed by atoms with Crippen molar-refractivity contribution in [1.82, 2.24) is 20.2 Å². The number of tetrazole rings is 1. The van der Waals surface area contributed by atoms with Crippen LogP contribution in [-0.4, -0.2) is 20.2 Å². The Labute approximate surface area is 138 Å². The van der Waals surface area contributed by atoms with Crippen LogP contribution in [0.25, 0.3) is 5.70 Å². The molecule has 0 aliphatic carbocycles. The molecule has 0 saturated carbocycles. The molecule has 1 N–H and O–H groups in total. The average molecular weight is 324 g/mol. The van der Waals surface area contributed by atoms with E-state index < -0.39 is 0 Å². The van der Waals surface area contributed by atoms with E-state index in [1.165, 1.54) is 5.56 Å². The maximum atomic E-state index is 5.99. The average Bonchev–Trinajstić information content (AvgIpc) is 3.04. The van der Waals surface area contributed by atoms with Crippen LogP contribution in [0.5, 0.6) is 0 Å². The number of hydrogen-bond acceptors (Lipinski definition) is 4. The van der Waals surface area contributed by atoms with Gasteiger partial charge >= 0.3 is 0 Å². The molecule has 5 nitrogen and oxygen atoms in total. The van der Waals surface area contributed by atoms with Gasteiger partial charge in [0, 0.05) is 10.7 Å². The van der Waals surface area contributed by atoms with E-state index in [0.717, 1.165) is 16.8 Å². The maximum absolute atomic E-state index is 5.99. The third kappa shape index (κ3) is 2.59. The molecule has 0 radical (unpaired) electrons. The smallest absolute Gasteiger partial charge is 0.248 e. The quantitative estimate of drug-likeness (QED) is 0.781. The molecule has 0 spiro atoms. The molecule has 3 aromatic rings. The van der Waals surface area contributed by atoms with E-state index in [-0.39, 0.29) is 6.04 Å². The number of aryl methyl sites for hydroxylation is 1. The first kappa shape index (κ1) is 14.0. The normalized spacial score (nSPS) is 16.4. The molecule has 0 saturated heterocycles. The third-order valence-corrected chi connectivity index (χ3v) is 4.15. The van der Waals surface area contributed by atoms with Gasteiger partial charge in [-0.25, -0.2) is 0 Å². The zero-order chi connectivity index (χ0) is 15.8. The molecule has 1 atom stereocenters. The lowest BCUT2D eigenvalue weighted by Crippen LogP contribution is -2.20. The van der Waals surface area contributed by atoms with Crippen LogP contribution in [0.2, 0.25) is 5.02 Å². The van der Waals surface area contributed by atoms with Crippen molar-refractivity contribution >= 4 is 23.2 Å². The highest BCUT2D eigenvalue weighted by Crippen LogP contribution is 2.31. The summed E-state index contributed by atoms with van der Waals surface area (Å²) in [4.78, 5) is 0. The molecule has 1 aromatic heterocycles. The molecule has 1 aliphatic heterocycles. The summed E-state index contributed by atoms with van der Waals surface area (Å²) in [5.74, 6) is 0.628. The fourth-order valence-electron chi connectivity index (χ4n) is 2.65. The van der Waals surface area contributed by atoms with Crippen molar-refractivity contribution in [1.29, 1.82) is 0 Å². The van der Waals surface area contributed by atoms with Gasteiger partial charge in [0.2, 0.25) is 5.95 Å². The SMILES string of the molecule is Cc1ccc(C2=C[C@H](c3ccc(Cl)cc3)n3nnnc3N2)cc1. The van der Waals surface area contributed by atoms with Gasteiger partial charge < -0.3 is 5.32 Å². The summed E-state index contributed by atoms with van der Waals surface area (Å²) in [5, 5.41) is 15.9. The second-order valence-corrected chi connectivity index (χ2v) is 5.95. The van der Waals surface area contributed by atoms with E-state index in [0.29, 0.717) is 11.0 Å². The number of rotatable bonds is 2. The van der Waals surface area contributed by atoms with Gasteiger partial charge in [-0.3, -0.25) is 0 Å². The van der Waals surface area contributed by atoms with Crippen molar-refractivity contribution in [3.05, 3.63) is 76.3 Å². The second-order valence-electron chi connectivity index (χ2n) is 5.51. The van der Waals surface area contributed by atoms with E-state index in [9.17, 15) is 0 Å². The van der Waals surface area contributed by atoms with Crippen molar-refractivity contribution in [2.75, 3.05) is 5.32 Å². The topological polar surface area (TPSA) is 55.6 Å². The fraction of sp³-hybridized carbons (Fsp3) is 0.118. The number of anilines is 1. The second kappa shape index (κ2) is 5.52. The van der Waals surface area contributed by atoms with E-state index in [2.05, 4.69) is 58.1 Å². The van der Waals surface area contributed by atoms with E-state index in [1.807, 2.05) is 24.3 Å². The summed E-state index contributed by atoms with van der Waals surface area (Å²) in [7, 11) is 0. The number of fused-ring (bicyclic) bond motifs is 1. The minimum atomic E-state index is -0.0742. The summed E-state index contributed by atoms with van der Waals surface area (Å²) in [6.45, 7) is 2.07. The first-order chi connectivity index (χ1) is 11.2. The summed E-state index contributed by atoms with van der Waals surface area (Å²) in [6, 6.07) is 16.0. The molecule has 1 aliphatic rings. The minimum absolute atomic E-state index is 0.0742. The number of halogens is 1. The Hall–Kier alpha value is -2.66. The Kier molecular flexibility index (Phi) is 3.35. The van der Waals surface area contributed by atoms with Crippen LogP contribution < -0.4 is 5.32 Å². The Morgan fingerprint density at radius 1 is 1.04 bits per heavy atom. The van der Waals surface area contributed by atoms with Gasteiger partial charge in [0.15, 0.2) is 0 Å². The van der Waals surface area contributed by atoms with E-state index in [1.54, 1.807) is 4.68 Å². The van der Waals surface area contributed by atoms with Crippen molar-refractivity contribution in [3.63, 3.8) is 0 Å². The molecule has 2 aromatic carbocycles. The molecule has 0 unspecified atom stereocenters. The largest absolute Gasteiger partial charge is 0.323 e. The van der Waals surface area contributed by atoms with Crippen LogP contribution >= 0.6 is 11.6 Å². The number of benzene rings is 2. The monoisotopic (exact) mass is 323 g/mol. The highest BCUT2D eigenvalue weighted by molar-refractivity contribution is 6.30. The van der Waals surface area contributed by atoms with Gasteiger partial charge in [-0.15, -0.1) is 0 Å². The van der Waals surface area contributed by atoms with Gasteiger partial charge in [0.25, 0.3) is 0 Å². The summed E-state index contributed by atoms with van der Waals surface area (Å²) < 4.78 is 1.76. The number of allylic oxidation sites excluding steroid dienone is 1. The molecule has 0 fully saturated rings. The standard InChI is InChI=1S/C17H14ClN5/c1-11-2-4-12(5-3-11)15-10-16(13-6-8-14(18)9-7-13)23-17(19-15)20-21-22-23/h2-10,16H,1H3,(H,19,20,22)/t16-/m1/s1. The lowest BCUT2D eigenvalue weighted by atomic mass is 10.0. The summed E-state index contributed by atoms with van der Waals surface area (Å²) in [5.41, 5.74) is 4.40. The summed E-state index contributed by atoms with van der Waals surface area (Å²) >= 11 is 5.99. The first-order valence-electron chi connectivity index (χ1n) is 7.30. The van der Waals surface area contributed by atoms with Crippen molar-refractivity contribution in [2.45, 2.75) is 13.0 Å². The van der Waals surface area contributed by atoms with Crippen molar-refractivity contribution in [2.24, 2.45) is 0 Å². The lowest BCUT2D eigenvalue weighted by Gasteiger charge is -2.23. The fourth-order valence-corrected chi connectivity index (χ4v) is 2.78. The van der Waals surface area contributed by atoms with Crippen LogP contribution in [-0.2, 0) is 0 Å². The number of aromatic nitrogens is 4. The Bertz CT molecular complexity index is 865. The van der Waals surface area contributed by atoms with Gasteiger partial charge in [0.1, 0.15) is 6.04 Å². The van der Waals surface area contributed by atoms with Crippen LogP contribution in [0.1, 0.15) is 22.7 Å². The third-order valence-electron chi connectivity index (χ3n) is 3.90. The van der Waals surface area contributed by atoms with Crippen LogP contribution in [0.15, 0.2) is 54.6 Å². The molecule has 4 rings (SSSR count). The zero-order valence-electron chi connectivity index (χ0n) is 12.4. The molecule has 0 amide bonds. The number of hydrogen-bond donors (Lipinski definition) is 1. The van der Waals surface area contributed by atoms with Crippen LogP contribution in [0, 0.1) is 6.92 Å². The molecule has 23 heavy (non-hydrogen) atoms. The van der Waals surface area contributed by atoms with Crippen LogP contribution in [0.3, 0.4) is 0 Å². The molecule has 6 heteroatoms. The summed E-state index contributed by atoms with van der Waals surface area (Å²) in [6.07, 6.45) is 2.12. The predicted octanol–water partition coefficient (Wildman–Crippen LogP) is 3.69. The molecular weight excluding hydrogens is 310 g/mol. The number of nitrogens with one attached hydrogen (secondary N) is 1. The van der Waals surface area contributed by atoms with Crippen molar-refractivity contribution in [3.8, 4) is 0 Å². The van der Waals surface area contributed by atoms with E-state index in [4.69, 9.17) is 11.6 Å². The lowest BCUT2D eigenvalue weighted by molar-refractivity contribution is 0.586. The number of nitrogens with zero attached hydrogens (tertiary/aromatic N) is 4. The highest BCUT2D eigenvalue weighted by Gasteiger charge is 2.24. The zero-order valence-corrected chi connectivity index (χ0v) is 13.2. The Morgan fingerprint density at radius 3 is 2.52 bits per heavy atom. The van der Waals surface area contributed by atoms with Gasteiger partial charge in [0.05, 0.1) is 0 Å². The molecule has 2 heterocycles. The minimum Gasteiger partial charge on any atom is -0.323 e. The first-order valence-corrected chi connectivity index (χ1v) is 7.68. The van der Waals surface area contributed by atoms with Gasteiger partial charge in [-0.05, 0) is 46.7 Å². The molecular formula is C17H14ClN5. The Balaban J connectivity index is 1.79. The predicted molar refractivity (Wildman–Crippen MR) is 90.2 cm³/mol. The Morgan fingerprint density at radius 2 is 1.78 bits per heavy atom. The highest BCUT2D eigenvalue weighted by atomic mass is 35.5. The van der Waals surface area contributed by atoms with Crippen molar-refractivity contribution < 1.29 is 0 Å². The van der Waals surface area contributed by atoms with E-state index >= 15 is 0 Å².